The van der Waals surface area contributed by atoms with E-state index < -0.39 is 0 Å². The van der Waals surface area contributed by atoms with Crippen LogP contribution in [-0.2, 0) is 0 Å². The summed E-state index contributed by atoms with van der Waals surface area (Å²) in [6, 6.07) is 0. The van der Waals surface area contributed by atoms with E-state index >= 15 is 0 Å². The van der Waals surface area contributed by atoms with Gasteiger partial charge in [-0.3, -0.25) is 0 Å². The van der Waals surface area contributed by atoms with Gasteiger partial charge in [-0.05, 0) is 18.6 Å². The number of rotatable bonds is 0. The predicted octanol–water partition coefficient (Wildman–Crippen LogP) is 4.15. The van der Waals surface area contributed by atoms with Crippen LogP contribution in [0.1, 0.15) is 13.3 Å². The van der Waals surface area contributed by atoms with Crippen LogP contribution in [0.15, 0.2) is 32.8 Å². The average Bonchev–Trinajstić information content (AvgIpc) is 2.05. The minimum Gasteiger partial charge on any atom is -0.0885 e. The van der Waals surface area contributed by atoms with Gasteiger partial charge >= 0.3 is 0 Å². The molecular formula is C8H7Cl3. The molecule has 0 amide bonds. The first-order chi connectivity index (χ1) is 5.11. The Morgan fingerprint density at radius 1 is 1.27 bits per heavy atom. The molecule has 0 bridgehead atoms. The zero-order chi connectivity index (χ0) is 8.43. The molecule has 0 aromatic rings. The normalized spacial score (nSPS) is 19.3. The van der Waals surface area contributed by atoms with E-state index in [1.165, 1.54) is 0 Å². The van der Waals surface area contributed by atoms with Crippen LogP contribution in [0.2, 0.25) is 0 Å². The lowest BCUT2D eigenvalue weighted by molar-refractivity contribution is 1.30. The molecule has 60 valence electrons. The summed E-state index contributed by atoms with van der Waals surface area (Å²) in [6.45, 7) is 1.88. The lowest BCUT2D eigenvalue weighted by atomic mass is 10.2. The summed E-state index contributed by atoms with van der Waals surface area (Å²) in [7, 11) is 0. The van der Waals surface area contributed by atoms with Gasteiger partial charge in [-0.15, -0.1) is 0 Å². The summed E-state index contributed by atoms with van der Waals surface area (Å²) in [5.74, 6) is 0. The van der Waals surface area contributed by atoms with Crippen LogP contribution in [0, 0.1) is 0 Å². The van der Waals surface area contributed by atoms with Crippen molar-refractivity contribution in [1.82, 2.24) is 0 Å². The van der Waals surface area contributed by atoms with Gasteiger partial charge in [-0.1, -0.05) is 40.9 Å². The van der Waals surface area contributed by atoms with Crippen molar-refractivity contribution in [2.45, 2.75) is 13.3 Å². The molecule has 1 aliphatic carbocycles. The molecule has 0 saturated carbocycles. The van der Waals surface area contributed by atoms with E-state index in [1.54, 1.807) is 6.08 Å². The summed E-state index contributed by atoms with van der Waals surface area (Å²) >= 11 is 17.5. The van der Waals surface area contributed by atoms with Crippen molar-refractivity contribution >= 4 is 34.8 Å². The third kappa shape index (κ3) is 2.26. The molecule has 0 atom stereocenters. The highest BCUT2D eigenvalue weighted by Crippen LogP contribution is 2.29. The zero-order valence-corrected chi connectivity index (χ0v) is 8.26. The van der Waals surface area contributed by atoms with Gasteiger partial charge < -0.3 is 0 Å². The number of hydrogen-bond acceptors (Lipinski definition) is 0. The van der Waals surface area contributed by atoms with Crippen LogP contribution in [0.4, 0.5) is 0 Å². The summed E-state index contributed by atoms with van der Waals surface area (Å²) in [4.78, 5) is 0. The van der Waals surface area contributed by atoms with Gasteiger partial charge in [-0.25, -0.2) is 0 Å². The van der Waals surface area contributed by atoms with Gasteiger partial charge in [-0.2, -0.15) is 0 Å². The van der Waals surface area contributed by atoms with E-state index in [1.807, 2.05) is 13.0 Å². The predicted molar refractivity (Wildman–Crippen MR) is 51.0 cm³/mol. The maximum atomic E-state index is 5.88. The first-order valence-electron chi connectivity index (χ1n) is 3.19. The molecule has 0 saturated heterocycles. The van der Waals surface area contributed by atoms with Gasteiger partial charge in [0.25, 0.3) is 0 Å². The van der Waals surface area contributed by atoms with Crippen molar-refractivity contribution < 1.29 is 0 Å². The van der Waals surface area contributed by atoms with E-state index in [0.717, 1.165) is 10.6 Å². The fourth-order valence-corrected chi connectivity index (χ4v) is 1.46. The maximum Gasteiger partial charge on any atom is 0.0461 e. The van der Waals surface area contributed by atoms with Gasteiger partial charge in [0.2, 0.25) is 0 Å². The number of halogens is 3. The van der Waals surface area contributed by atoms with E-state index in [4.69, 9.17) is 34.8 Å². The topological polar surface area (TPSA) is 0 Å². The Balaban J connectivity index is 3.05. The molecule has 0 spiro atoms. The van der Waals surface area contributed by atoms with Crippen molar-refractivity contribution in [2.24, 2.45) is 0 Å². The molecule has 1 rings (SSSR count). The molecule has 11 heavy (non-hydrogen) atoms. The second-order valence-electron chi connectivity index (χ2n) is 2.32. The molecule has 0 aromatic heterocycles. The Morgan fingerprint density at radius 2 is 1.91 bits per heavy atom. The maximum absolute atomic E-state index is 5.88. The highest BCUT2D eigenvalue weighted by atomic mass is 35.5. The van der Waals surface area contributed by atoms with Crippen LogP contribution in [0.5, 0.6) is 0 Å². The summed E-state index contributed by atoms with van der Waals surface area (Å²) in [5.41, 5.74) is 0.903. The molecule has 3 heteroatoms. The molecule has 0 aliphatic heterocycles. The Kier molecular flexibility index (Phi) is 3.06. The molecule has 0 fully saturated rings. The summed E-state index contributed by atoms with van der Waals surface area (Å²) in [6.07, 6.45) is 4.20. The third-order valence-electron chi connectivity index (χ3n) is 1.51. The van der Waals surface area contributed by atoms with Crippen molar-refractivity contribution in [1.29, 1.82) is 0 Å². The first kappa shape index (κ1) is 9.18. The Morgan fingerprint density at radius 3 is 2.55 bits per heavy atom. The molecule has 1 aliphatic rings. The molecule has 0 unspecified atom stereocenters. The summed E-state index contributed by atoms with van der Waals surface area (Å²) < 4.78 is 0. The number of hydrogen-bond donors (Lipinski definition) is 0. The average molecular weight is 210 g/mol. The fourth-order valence-electron chi connectivity index (χ4n) is 0.758. The van der Waals surface area contributed by atoms with Crippen molar-refractivity contribution in [2.75, 3.05) is 0 Å². The molecule has 0 heterocycles. The highest BCUT2D eigenvalue weighted by Gasteiger charge is 2.06. The standard InChI is InChI=1S/C8H7Cl3/c1-5-7(10)3-2-6(9)4-8(5)11/h2,4H,3H2,1H3. The minimum absolute atomic E-state index is 0.619. The lowest BCUT2D eigenvalue weighted by Crippen LogP contribution is -1.78. The van der Waals surface area contributed by atoms with Crippen LogP contribution >= 0.6 is 34.8 Å². The number of allylic oxidation sites excluding steroid dienone is 6. The van der Waals surface area contributed by atoms with Gasteiger partial charge in [0.1, 0.15) is 0 Å². The van der Waals surface area contributed by atoms with Gasteiger partial charge in [0, 0.05) is 21.5 Å². The van der Waals surface area contributed by atoms with Crippen LogP contribution in [-0.4, -0.2) is 0 Å². The van der Waals surface area contributed by atoms with Crippen LogP contribution < -0.4 is 0 Å². The van der Waals surface area contributed by atoms with E-state index in [9.17, 15) is 0 Å². The first-order valence-corrected chi connectivity index (χ1v) is 4.33. The van der Waals surface area contributed by atoms with Gasteiger partial charge in [0.05, 0.1) is 0 Å². The van der Waals surface area contributed by atoms with E-state index in [2.05, 4.69) is 0 Å². The van der Waals surface area contributed by atoms with Crippen LogP contribution in [0.3, 0.4) is 0 Å². The van der Waals surface area contributed by atoms with Crippen molar-refractivity contribution in [3.05, 3.63) is 32.8 Å². The van der Waals surface area contributed by atoms with Gasteiger partial charge in [0.15, 0.2) is 0 Å². The molecule has 0 nitrogen and oxygen atoms in total. The monoisotopic (exact) mass is 208 g/mol. The molecular weight excluding hydrogens is 202 g/mol. The largest absolute Gasteiger partial charge is 0.0885 e. The van der Waals surface area contributed by atoms with Crippen LogP contribution in [0.25, 0.3) is 0 Å². The Hall–Kier alpha value is 0.0900. The van der Waals surface area contributed by atoms with E-state index in [0.29, 0.717) is 16.5 Å². The highest BCUT2D eigenvalue weighted by molar-refractivity contribution is 6.38. The molecule has 0 N–H and O–H groups in total. The molecule has 0 aromatic carbocycles. The quantitative estimate of drug-likeness (QED) is 0.562. The second kappa shape index (κ2) is 3.66. The zero-order valence-electron chi connectivity index (χ0n) is 6.00. The second-order valence-corrected chi connectivity index (χ2v) is 3.62. The SMILES string of the molecule is CC1=C(Cl)CC=C(Cl)C=C1Cl. The smallest absolute Gasteiger partial charge is 0.0461 e. The lowest BCUT2D eigenvalue weighted by Gasteiger charge is -1.98. The summed E-state index contributed by atoms with van der Waals surface area (Å²) in [5, 5.41) is 2.01. The Labute approximate surface area is 81.1 Å². The van der Waals surface area contributed by atoms with Crippen molar-refractivity contribution in [3.8, 4) is 0 Å². The minimum atomic E-state index is 0.619. The fraction of sp³-hybridized carbons (Fsp3) is 0.250. The molecule has 0 radical (unpaired) electrons. The van der Waals surface area contributed by atoms with E-state index in [-0.39, 0.29) is 0 Å². The Bertz CT molecular complexity index is 259. The third-order valence-corrected chi connectivity index (χ3v) is 2.60. The van der Waals surface area contributed by atoms with Crippen molar-refractivity contribution in [3.63, 3.8) is 0 Å².